The van der Waals surface area contributed by atoms with E-state index < -0.39 is 0 Å². The number of amides is 1. The number of carbonyl (C=O) groups excluding carboxylic acids is 1. The Kier molecular flexibility index (Phi) is 4.75. The summed E-state index contributed by atoms with van der Waals surface area (Å²) in [4.78, 5) is 16.2. The molecule has 0 radical (unpaired) electrons. The molecule has 22 heavy (non-hydrogen) atoms. The first-order chi connectivity index (χ1) is 10.7. The minimum atomic E-state index is -0.0966. The van der Waals surface area contributed by atoms with Crippen LogP contribution in [-0.4, -0.2) is 28.1 Å². The van der Waals surface area contributed by atoms with E-state index in [1.165, 1.54) is 0 Å². The lowest BCUT2D eigenvalue weighted by Gasteiger charge is -2.24. The van der Waals surface area contributed by atoms with E-state index in [1.807, 2.05) is 30.5 Å². The largest absolute Gasteiger partial charge is 0.367 e. The molecule has 1 aliphatic heterocycles. The Morgan fingerprint density at radius 2 is 2.32 bits per heavy atom. The maximum absolute atomic E-state index is 11.9. The van der Waals surface area contributed by atoms with Crippen LogP contribution in [0.25, 0.3) is 0 Å². The third-order valence-electron chi connectivity index (χ3n) is 3.75. The first-order valence-corrected chi connectivity index (χ1v) is 7.70. The number of ether oxygens (including phenoxy) is 1. The van der Waals surface area contributed by atoms with Gasteiger partial charge in [-0.1, -0.05) is 29.8 Å². The molecule has 1 unspecified atom stereocenters. The van der Waals surface area contributed by atoms with Gasteiger partial charge < -0.3 is 14.6 Å². The average molecular weight is 320 g/mol. The summed E-state index contributed by atoms with van der Waals surface area (Å²) in [6.07, 6.45) is 5.54. The van der Waals surface area contributed by atoms with Crippen LogP contribution in [0.5, 0.6) is 0 Å². The van der Waals surface area contributed by atoms with Gasteiger partial charge in [0.25, 0.3) is 0 Å². The second kappa shape index (κ2) is 6.94. The topological polar surface area (TPSA) is 56.1 Å². The molecule has 0 bridgehead atoms. The zero-order valence-electron chi connectivity index (χ0n) is 12.2. The molecule has 2 heterocycles. The Labute approximate surface area is 134 Å². The number of aromatic nitrogens is 2. The third kappa shape index (κ3) is 3.67. The van der Waals surface area contributed by atoms with Crippen molar-refractivity contribution in [1.82, 2.24) is 14.9 Å². The van der Waals surface area contributed by atoms with Crippen LogP contribution in [0.3, 0.4) is 0 Å². The average Bonchev–Trinajstić information content (AvgIpc) is 2.97. The molecular formula is C16H18ClN3O2. The van der Waals surface area contributed by atoms with E-state index in [9.17, 15) is 4.79 Å². The van der Waals surface area contributed by atoms with Gasteiger partial charge in [0.15, 0.2) is 0 Å². The molecule has 1 aliphatic rings. The quantitative estimate of drug-likeness (QED) is 0.919. The van der Waals surface area contributed by atoms with Gasteiger partial charge >= 0.3 is 0 Å². The van der Waals surface area contributed by atoms with Gasteiger partial charge in [0.1, 0.15) is 12.4 Å². The van der Waals surface area contributed by atoms with Gasteiger partial charge in [0.2, 0.25) is 5.91 Å². The summed E-state index contributed by atoms with van der Waals surface area (Å²) < 4.78 is 7.53. The first kappa shape index (κ1) is 15.1. The first-order valence-electron chi connectivity index (χ1n) is 7.33. The van der Waals surface area contributed by atoms with Gasteiger partial charge in [-0.05, 0) is 18.1 Å². The van der Waals surface area contributed by atoms with E-state index in [1.54, 1.807) is 6.20 Å². The molecule has 1 N–H and O–H groups in total. The molecule has 1 amide bonds. The number of halogens is 1. The molecule has 0 saturated heterocycles. The van der Waals surface area contributed by atoms with Crippen molar-refractivity contribution < 1.29 is 9.53 Å². The predicted molar refractivity (Wildman–Crippen MR) is 83.6 cm³/mol. The normalized spacial score (nSPS) is 17.0. The van der Waals surface area contributed by atoms with Crippen molar-refractivity contribution in [3.63, 3.8) is 0 Å². The zero-order valence-corrected chi connectivity index (χ0v) is 12.9. The standard InChI is InChI=1S/C16H18ClN3O2/c17-14-4-2-1-3-12(14)10-22-11-16(21)19-13-5-6-15-18-7-8-20(15)9-13/h1-4,7-8,13H,5-6,9-11H2,(H,19,21). The van der Waals surface area contributed by atoms with Crippen molar-refractivity contribution in [1.29, 1.82) is 0 Å². The van der Waals surface area contributed by atoms with Crippen molar-refractivity contribution >= 4 is 17.5 Å². The highest BCUT2D eigenvalue weighted by atomic mass is 35.5. The molecule has 0 saturated carbocycles. The van der Waals surface area contributed by atoms with Gasteiger partial charge in [-0.15, -0.1) is 0 Å². The van der Waals surface area contributed by atoms with Crippen molar-refractivity contribution in [2.24, 2.45) is 0 Å². The summed E-state index contributed by atoms with van der Waals surface area (Å²) in [6.45, 7) is 1.15. The molecule has 1 atom stereocenters. The lowest BCUT2D eigenvalue weighted by atomic mass is 10.1. The molecule has 2 aromatic rings. The zero-order chi connectivity index (χ0) is 15.4. The molecule has 1 aromatic carbocycles. The summed E-state index contributed by atoms with van der Waals surface area (Å²) in [5.74, 6) is 0.987. The molecule has 0 fully saturated rings. The van der Waals surface area contributed by atoms with Gasteiger partial charge in [-0.3, -0.25) is 4.79 Å². The second-order valence-electron chi connectivity index (χ2n) is 5.38. The number of hydrogen-bond donors (Lipinski definition) is 1. The van der Waals surface area contributed by atoms with Crippen molar-refractivity contribution in [3.05, 3.63) is 53.1 Å². The fourth-order valence-electron chi connectivity index (χ4n) is 2.62. The van der Waals surface area contributed by atoms with Crippen LogP contribution in [0.4, 0.5) is 0 Å². The Hall–Kier alpha value is -1.85. The number of aryl methyl sites for hydroxylation is 1. The van der Waals surface area contributed by atoms with Crippen LogP contribution in [0.15, 0.2) is 36.7 Å². The van der Waals surface area contributed by atoms with Crippen molar-refractivity contribution in [2.75, 3.05) is 6.61 Å². The van der Waals surface area contributed by atoms with Gasteiger partial charge in [0.05, 0.1) is 6.61 Å². The van der Waals surface area contributed by atoms with Crippen LogP contribution in [0.2, 0.25) is 5.02 Å². The minimum Gasteiger partial charge on any atom is -0.367 e. The van der Waals surface area contributed by atoms with E-state index in [0.29, 0.717) is 11.6 Å². The number of fused-ring (bicyclic) bond motifs is 1. The van der Waals surface area contributed by atoms with Gasteiger partial charge in [-0.2, -0.15) is 0 Å². The lowest BCUT2D eigenvalue weighted by Crippen LogP contribution is -2.42. The number of nitrogens with zero attached hydrogens (tertiary/aromatic N) is 2. The van der Waals surface area contributed by atoms with E-state index >= 15 is 0 Å². The number of imidazole rings is 1. The number of rotatable bonds is 5. The van der Waals surface area contributed by atoms with Crippen LogP contribution in [0, 0.1) is 0 Å². The molecule has 6 heteroatoms. The molecule has 1 aromatic heterocycles. The smallest absolute Gasteiger partial charge is 0.246 e. The van der Waals surface area contributed by atoms with E-state index in [4.69, 9.17) is 16.3 Å². The molecule has 0 aliphatic carbocycles. The number of carbonyl (C=O) groups is 1. The van der Waals surface area contributed by atoms with E-state index in [0.717, 1.165) is 30.8 Å². The van der Waals surface area contributed by atoms with Gasteiger partial charge in [0, 0.05) is 36.4 Å². The Bertz CT molecular complexity index is 656. The van der Waals surface area contributed by atoms with Crippen molar-refractivity contribution in [2.45, 2.75) is 32.0 Å². The number of benzene rings is 1. The van der Waals surface area contributed by atoms with E-state index in [2.05, 4.69) is 14.9 Å². The highest BCUT2D eigenvalue weighted by molar-refractivity contribution is 6.31. The highest BCUT2D eigenvalue weighted by Crippen LogP contribution is 2.16. The summed E-state index contributed by atoms with van der Waals surface area (Å²) in [7, 11) is 0. The van der Waals surface area contributed by atoms with E-state index in [-0.39, 0.29) is 18.6 Å². The predicted octanol–water partition coefficient (Wildman–Crippen LogP) is 2.18. The fraction of sp³-hybridized carbons (Fsp3) is 0.375. The van der Waals surface area contributed by atoms with Crippen LogP contribution >= 0.6 is 11.6 Å². The molecule has 0 spiro atoms. The summed E-state index contributed by atoms with van der Waals surface area (Å²) in [5.41, 5.74) is 0.887. The van der Waals surface area contributed by atoms with Crippen LogP contribution in [-0.2, 0) is 29.1 Å². The molecule has 3 rings (SSSR count). The number of hydrogen-bond acceptors (Lipinski definition) is 3. The van der Waals surface area contributed by atoms with Gasteiger partial charge in [-0.25, -0.2) is 4.98 Å². The summed E-state index contributed by atoms with van der Waals surface area (Å²) in [5, 5.41) is 3.66. The number of nitrogens with one attached hydrogen (secondary N) is 1. The maximum atomic E-state index is 11.9. The van der Waals surface area contributed by atoms with Crippen LogP contribution in [0.1, 0.15) is 17.8 Å². The van der Waals surface area contributed by atoms with Crippen LogP contribution < -0.4 is 5.32 Å². The maximum Gasteiger partial charge on any atom is 0.246 e. The minimum absolute atomic E-state index is 0.0402. The summed E-state index contributed by atoms with van der Waals surface area (Å²) >= 11 is 6.04. The molecular weight excluding hydrogens is 302 g/mol. The van der Waals surface area contributed by atoms with Crippen molar-refractivity contribution in [3.8, 4) is 0 Å². The highest BCUT2D eigenvalue weighted by Gasteiger charge is 2.20. The Morgan fingerprint density at radius 3 is 3.18 bits per heavy atom. The fourth-order valence-corrected chi connectivity index (χ4v) is 2.81. The third-order valence-corrected chi connectivity index (χ3v) is 4.12. The SMILES string of the molecule is O=C(COCc1ccccc1Cl)NC1CCc2nccn2C1. The Balaban J connectivity index is 1.43. The lowest BCUT2D eigenvalue weighted by molar-refractivity contribution is -0.127. The molecule has 116 valence electrons. The summed E-state index contributed by atoms with van der Waals surface area (Å²) in [6, 6.07) is 7.60. The monoisotopic (exact) mass is 319 g/mol. The second-order valence-corrected chi connectivity index (χ2v) is 5.79. The molecule has 5 nitrogen and oxygen atoms in total. The Morgan fingerprint density at radius 1 is 1.45 bits per heavy atom.